The van der Waals surface area contributed by atoms with E-state index in [1.807, 2.05) is 30.5 Å². The molecule has 2 aromatic rings. The molecule has 128 valence electrons. The number of hydrogen-bond acceptors (Lipinski definition) is 5. The molecule has 2 rings (SSSR count). The molecule has 1 aromatic heterocycles. The second-order valence-electron chi connectivity index (χ2n) is 5.45. The number of ether oxygens (including phenoxy) is 1. The molecule has 0 aliphatic carbocycles. The van der Waals surface area contributed by atoms with Crippen molar-refractivity contribution in [2.45, 2.75) is 33.1 Å². The zero-order chi connectivity index (χ0) is 17.4. The van der Waals surface area contributed by atoms with Crippen LogP contribution in [0.2, 0.25) is 0 Å². The van der Waals surface area contributed by atoms with Gasteiger partial charge < -0.3 is 10.1 Å². The highest BCUT2D eigenvalue weighted by atomic mass is 32.1. The molecule has 0 saturated carbocycles. The van der Waals surface area contributed by atoms with Crippen molar-refractivity contribution >= 4 is 23.2 Å². The Bertz CT molecular complexity index is 697. The van der Waals surface area contributed by atoms with Crippen LogP contribution in [0.15, 0.2) is 29.6 Å². The Kier molecular flexibility index (Phi) is 6.93. The number of amides is 1. The van der Waals surface area contributed by atoms with Crippen LogP contribution in [-0.4, -0.2) is 30.0 Å². The van der Waals surface area contributed by atoms with Gasteiger partial charge in [0.2, 0.25) is 5.91 Å². The summed E-state index contributed by atoms with van der Waals surface area (Å²) in [6, 6.07) is 8.15. The first kappa shape index (κ1) is 18.1. The average molecular weight is 346 g/mol. The maximum Gasteiger partial charge on any atom is 0.305 e. The van der Waals surface area contributed by atoms with Crippen molar-refractivity contribution in [2.75, 3.05) is 13.2 Å². The number of hydrogen-bond donors (Lipinski definition) is 1. The van der Waals surface area contributed by atoms with Crippen LogP contribution in [0.1, 0.15) is 31.0 Å². The van der Waals surface area contributed by atoms with E-state index in [9.17, 15) is 9.59 Å². The number of esters is 1. The van der Waals surface area contributed by atoms with Gasteiger partial charge >= 0.3 is 5.97 Å². The van der Waals surface area contributed by atoms with Gasteiger partial charge in [-0.3, -0.25) is 9.59 Å². The fourth-order valence-electron chi connectivity index (χ4n) is 2.22. The van der Waals surface area contributed by atoms with Crippen molar-refractivity contribution < 1.29 is 14.3 Å². The number of nitrogens with zero attached hydrogens (tertiary/aromatic N) is 1. The van der Waals surface area contributed by atoms with Gasteiger partial charge in [-0.15, -0.1) is 11.3 Å². The third-order valence-corrected chi connectivity index (χ3v) is 4.28. The molecule has 0 saturated heterocycles. The van der Waals surface area contributed by atoms with Crippen molar-refractivity contribution in [3.8, 4) is 10.6 Å². The molecule has 1 aromatic carbocycles. The first-order valence-electron chi connectivity index (χ1n) is 8.02. The Morgan fingerprint density at radius 3 is 2.92 bits per heavy atom. The van der Waals surface area contributed by atoms with Gasteiger partial charge in [0.25, 0.3) is 0 Å². The monoisotopic (exact) mass is 346 g/mol. The van der Waals surface area contributed by atoms with Crippen molar-refractivity contribution in [3.63, 3.8) is 0 Å². The number of rotatable bonds is 8. The second kappa shape index (κ2) is 9.17. The first-order chi connectivity index (χ1) is 11.6. The highest BCUT2D eigenvalue weighted by molar-refractivity contribution is 7.13. The molecule has 0 unspecified atom stereocenters. The van der Waals surface area contributed by atoms with E-state index in [1.54, 1.807) is 6.92 Å². The lowest BCUT2D eigenvalue weighted by atomic mass is 10.1. The predicted molar refractivity (Wildman–Crippen MR) is 94.9 cm³/mol. The van der Waals surface area contributed by atoms with Crippen molar-refractivity contribution in [3.05, 3.63) is 40.9 Å². The van der Waals surface area contributed by atoms with Crippen LogP contribution in [0.3, 0.4) is 0 Å². The summed E-state index contributed by atoms with van der Waals surface area (Å²) in [5.74, 6) is -0.311. The topological polar surface area (TPSA) is 68.3 Å². The Morgan fingerprint density at radius 1 is 1.33 bits per heavy atom. The number of carbonyl (C=O) groups is 2. The van der Waals surface area contributed by atoms with Crippen LogP contribution >= 0.6 is 11.3 Å². The maximum absolute atomic E-state index is 11.9. The number of aromatic nitrogens is 1. The second-order valence-corrected chi connectivity index (χ2v) is 6.31. The summed E-state index contributed by atoms with van der Waals surface area (Å²) in [6.07, 6.45) is 1.15. The van der Waals surface area contributed by atoms with Crippen LogP contribution in [0, 0.1) is 6.92 Å². The minimum absolute atomic E-state index is 0.0834. The van der Waals surface area contributed by atoms with Crippen LogP contribution in [-0.2, 0) is 20.7 Å². The number of thiazole rings is 1. The highest BCUT2D eigenvalue weighted by Gasteiger charge is 2.09. The summed E-state index contributed by atoms with van der Waals surface area (Å²) >= 11 is 1.54. The Balaban J connectivity index is 1.78. The van der Waals surface area contributed by atoms with Crippen molar-refractivity contribution in [2.24, 2.45) is 0 Å². The molecule has 0 spiro atoms. The molecule has 24 heavy (non-hydrogen) atoms. The van der Waals surface area contributed by atoms with Crippen molar-refractivity contribution in [1.82, 2.24) is 10.3 Å². The fourth-order valence-corrected chi connectivity index (χ4v) is 3.04. The predicted octanol–water partition coefficient (Wildman–Crippen LogP) is 3.12. The van der Waals surface area contributed by atoms with Crippen LogP contribution < -0.4 is 5.32 Å². The van der Waals surface area contributed by atoms with Gasteiger partial charge in [-0.2, -0.15) is 0 Å². The zero-order valence-corrected chi connectivity index (χ0v) is 14.8. The van der Waals surface area contributed by atoms with Gasteiger partial charge in [-0.05, 0) is 26.3 Å². The Hall–Kier alpha value is -2.21. The van der Waals surface area contributed by atoms with Gasteiger partial charge in [0.15, 0.2) is 0 Å². The molecule has 6 heteroatoms. The molecule has 1 N–H and O–H groups in total. The van der Waals surface area contributed by atoms with E-state index in [0.717, 1.165) is 16.3 Å². The average Bonchev–Trinajstić information content (AvgIpc) is 3.00. The molecule has 5 nitrogen and oxygen atoms in total. The standard InChI is InChI=1S/C18H22N2O3S/c1-3-23-17(22)8-5-9-19-16(21)11-15-12-24-18(20-15)14-7-4-6-13(2)10-14/h4,6-7,10,12H,3,5,8-9,11H2,1-2H3,(H,19,21). The molecule has 0 bridgehead atoms. The lowest BCUT2D eigenvalue weighted by molar-refractivity contribution is -0.143. The summed E-state index contributed by atoms with van der Waals surface area (Å²) in [5, 5.41) is 5.64. The van der Waals surface area contributed by atoms with E-state index in [1.165, 1.54) is 16.9 Å². The molecule has 0 aliphatic rings. The van der Waals surface area contributed by atoms with Gasteiger partial charge in [0.05, 0.1) is 18.7 Å². The lowest BCUT2D eigenvalue weighted by Crippen LogP contribution is -2.26. The van der Waals surface area contributed by atoms with Crippen LogP contribution in [0.5, 0.6) is 0 Å². The summed E-state index contributed by atoms with van der Waals surface area (Å²) in [5.41, 5.74) is 3.02. The highest BCUT2D eigenvalue weighted by Crippen LogP contribution is 2.24. The lowest BCUT2D eigenvalue weighted by Gasteiger charge is -2.04. The van der Waals surface area contributed by atoms with Gasteiger partial charge in [-0.1, -0.05) is 23.8 Å². The molecule has 0 fully saturated rings. The maximum atomic E-state index is 11.9. The largest absolute Gasteiger partial charge is 0.466 e. The smallest absolute Gasteiger partial charge is 0.305 e. The summed E-state index contributed by atoms with van der Waals surface area (Å²) in [7, 11) is 0. The van der Waals surface area contributed by atoms with E-state index in [2.05, 4.69) is 16.4 Å². The molecule has 1 heterocycles. The van der Waals surface area contributed by atoms with Crippen LogP contribution in [0.25, 0.3) is 10.6 Å². The number of nitrogens with one attached hydrogen (secondary N) is 1. The summed E-state index contributed by atoms with van der Waals surface area (Å²) < 4.78 is 4.84. The van der Waals surface area contributed by atoms with E-state index in [0.29, 0.717) is 26.0 Å². The molecule has 0 atom stereocenters. The van der Waals surface area contributed by atoms with E-state index in [4.69, 9.17) is 4.74 Å². The Morgan fingerprint density at radius 2 is 2.17 bits per heavy atom. The van der Waals surface area contributed by atoms with E-state index >= 15 is 0 Å². The van der Waals surface area contributed by atoms with E-state index < -0.39 is 0 Å². The van der Waals surface area contributed by atoms with Crippen LogP contribution in [0.4, 0.5) is 0 Å². The third kappa shape index (κ3) is 5.77. The number of carbonyl (C=O) groups excluding carboxylic acids is 2. The summed E-state index contributed by atoms with van der Waals surface area (Å²) in [4.78, 5) is 27.6. The van der Waals surface area contributed by atoms with Gasteiger partial charge in [0.1, 0.15) is 5.01 Å². The molecule has 0 radical (unpaired) electrons. The van der Waals surface area contributed by atoms with Gasteiger partial charge in [0, 0.05) is 23.9 Å². The molecule has 0 aliphatic heterocycles. The number of aryl methyl sites for hydroxylation is 1. The minimum Gasteiger partial charge on any atom is -0.466 e. The molecule has 1 amide bonds. The molecular formula is C18H22N2O3S. The summed E-state index contributed by atoms with van der Waals surface area (Å²) in [6.45, 7) is 4.67. The minimum atomic E-state index is -0.228. The third-order valence-electron chi connectivity index (χ3n) is 3.34. The first-order valence-corrected chi connectivity index (χ1v) is 8.90. The quantitative estimate of drug-likeness (QED) is 0.589. The SMILES string of the molecule is CCOC(=O)CCCNC(=O)Cc1csc(-c2cccc(C)c2)n1. The molecular weight excluding hydrogens is 324 g/mol. The van der Waals surface area contributed by atoms with E-state index in [-0.39, 0.29) is 18.3 Å². The number of benzene rings is 1. The van der Waals surface area contributed by atoms with Gasteiger partial charge in [-0.25, -0.2) is 4.98 Å². The fraction of sp³-hybridized carbons (Fsp3) is 0.389. The normalized spacial score (nSPS) is 10.4. The van der Waals surface area contributed by atoms with Crippen molar-refractivity contribution in [1.29, 1.82) is 0 Å². The zero-order valence-electron chi connectivity index (χ0n) is 14.0. The Labute approximate surface area is 146 Å².